The number of carbonyl (C=O) groups is 1. The molecule has 1 heterocycles. The lowest BCUT2D eigenvalue weighted by Gasteiger charge is -2.30. The Morgan fingerprint density at radius 2 is 2.05 bits per heavy atom. The minimum absolute atomic E-state index is 0. The highest BCUT2D eigenvalue weighted by Gasteiger charge is 2.22. The first-order valence-electron chi connectivity index (χ1n) is 6.53. The van der Waals surface area contributed by atoms with E-state index in [-0.39, 0.29) is 30.8 Å². The highest BCUT2D eigenvalue weighted by Crippen LogP contribution is 2.24. The average Bonchev–Trinajstić information content (AvgIpc) is 2.37. The number of piperidine rings is 1. The lowest BCUT2D eigenvalue weighted by atomic mass is 9.99. The van der Waals surface area contributed by atoms with Crippen molar-refractivity contribution in [1.82, 2.24) is 10.6 Å². The van der Waals surface area contributed by atoms with E-state index in [1.807, 2.05) is 0 Å². The van der Waals surface area contributed by atoms with Crippen LogP contribution in [0.1, 0.15) is 25.3 Å². The SMILES string of the molecule is CC1NCCCC1NC(=O)Cc1c(Cl)cccc1Cl.Cl. The molecule has 0 aliphatic carbocycles. The number of carbonyl (C=O) groups excluding carboxylic acids is 1. The van der Waals surface area contributed by atoms with Gasteiger partial charge < -0.3 is 10.6 Å². The summed E-state index contributed by atoms with van der Waals surface area (Å²) >= 11 is 12.1. The Bertz CT molecular complexity index is 447. The molecule has 0 bridgehead atoms. The Kier molecular flexibility index (Phi) is 7.10. The molecular formula is C14H19Cl3N2O. The third-order valence-electron chi connectivity index (χ3n) is 3.51. The molecule has 2 rings (SSSR count). The predicted molar refractivity (Wildman–Crippen MR) is 86.0 cm³/mol. The van der Waals surface area contributed by atoms with E-state index in [0.29, 0.717) is 21.7 Å². The zero-order valence-corrected chi connectivity index (χ0v) is 13.6. The molecule has 0 saturated carbocycles. The lowest BCUT2D eigenvalue weighted by molar-refractivity contribution is -0.121. The van der Waals surface area contributed by atoms with Crippen LogP contribution in [0.4, 0.5) is 0 Å². The number of benzene rings is 1. The van der Waals surface area contributed by atoms with Crippen LogP contribution < -0.4 is 10.6 Å². The molecule has 6 heteroatoms. The Hall–Kier alpha value is -0.480. The van der Waals surface area contributed by atoms with Crippen molar-refractivity contribution in [2.45, 2.75) is 38.3 Å². The summed E-state index contributed by atoms with van der Waals surface area (Å²) in [5.74, 6) is -0.0319. The van der Waals surface area contributed by atoms with Gasteiger partial charge in [-0.1, -0.05) is 29.3 Å². The molecule has 1 aliphatic rings. The van der Waals surface area contributed by atoms with E-state index in [2.05, 4.69) is 17.6 Å². The Labute approximate surface area is 135 Å². The maximum atomic E-state index is 12.1. The van der Waals surface area contributed by atoms with E-state index in [4.69, 9.17) is 23.2 Å². The first kappa shape index (κ1) is 17.6. The van der Waals surface area contributed by atoms with Crippen molar-refractivity contribution < 1.29 is 4.79 Å². The van der Waals surface area contributed by atoms with Gasteiger partial charge in [0, 0.05) is 22.1 Å². The molecule has 3 nitrogen and oxygen atoms in total. The Morgan fingerprint density at radius 1 is 1.40 bits per heavy atom. The van der Waals surface area contributed by atoms with Gasteiger partial charge in [-0.2, -0.15) is 0 Å². The van der Waals surface area contributed by atoms with Crippen LogP contribution in [-0.2, 0) is 11.2 Å². The quantitative estimate of drug-likeness (QED) is 0.889. The molecule has 2 atom stereocenters. The molecule has 1 fully saturated rings. The van der Waals surface area contributed by atoms with Gasteiger partial charge in [-0.15, -0.1) is 12.4 Å². The normalized spacial score (nSPS) is 21.9. The molecule has 20 heavy (non-hydrogen) atoms. The molecule has 1 aliphatic heterocycles. The molecule has 0 spiro atoms. The fraction of sp³-hybridized carbons (Fsp3) is 0.500. The predicted octanol–water partition coefficient (Wildman–Crippen LogP) is 3.21. The highest BCUT2D eigenvalue weighted by molar-refractivity contribution is 6.36. The van der Waals surface area contributed by atoms with Gasteiger partial charge >= 0.3 is 0 Å². The van der Waals surface area contributed by atoms with Crippen molar-refractivity contribution in [3.05, 3.63) is 33.8 Å². The minimum atomic E-state index is -0.0319. The average molecular weight is 338 g/mol. The maximum Gasteiger partial charge on any atom is 0.224 e. The molecule has 112 valence electrons. The number of nitrogens with one attached hydrogen (secondary N) is 2. The van der Waals surface area contributed by atoms with Crippen LogP contribution in [0.15, 0.2) is 18.2 Å². The molecular weight excluding hydrogens is 319 g/mol. The largest absolute Gasteiger partial charge is 0.352 e. The van der Waals surface area contributed by atoms with E-state index in [1.165, 1.54) is 0 Å². The second kappa shape index (κ2) is 8.08. The van der Waals surface area contributed by atoms with Gasteiger partial charge in [0.05, 0.1) is 6.42 Å². The zero-order chi connectivity index (χ0) is 13.8. The summed E-state index contributed by atoms with van der Waals surface area (Å²) in [5.41, 5.74) is 0.694. The van der Waals surface area contributed by atoms with Gasteiger partial charge in [-0.25, -0.2) is 0 Å². The fourth-order valence-electron chi connectivity index (χ4n) is 2.36. The van der Waals surface area contributed by atoms with Crippen molar-refractivity contribution in [2.75, 3.05) is 6.54 Å². The molecule has 2 N–H and O–H groups in total. The van der Waals surface area contributed by atoms with Gasteiger partial charge in [0.1, 0.15) is 0 Å². The number of hydrogen-bond acceptors (Lipinski definition) is 2. The van der Waals surface area contributed by atoms with Gasteiger partial charge in [-0.05, 0) is 44.0 Å². The topological polar surface area (TPSA) is 41.1 Å². The second-order valence-electron chi connectivity index (χ2n) is 4.94. The van der Waals surface area contributed by atoms with Gasteiger partial charge in [0.2, 0.25) is 5.91 Å². The third-order valence-corrected chi connectivity index (χ3v) is 4.22. The minimum Gasteiger partial charge on any atom is -0.352 e. The first-order chi connectivity index (χ1) is 9.08. The monoisotopic (exact) mass is 336 g/mol. The van der Waals surface area contributed by atoms with E-state index in [0.717, 1.165) is 19.4 Å². The van der Waals surface area contributed by atoms with Crippen molar-refractivity contribution in [1.29, 1.82) is 0 Å². The summed E-state index contributed by atoms with van der Waals surface area (Å²) in [4.78, 5) is 12.1. The van der Waals surface area contributed by atoms with Crippen molar-refractivity contribution in [3.8, 4) is 0 Å². The van der Waals surface area contributed by atoms with E-state index >= 15 is 0 Å². The second-order valence-corrected chi connectivity index (χ2v) is 5.75. The Balaban J connectivity index is 0.00000200. The number of rotatable bonds is 3. The van der Waals surface area contributed by atoms with Crippen LogP contribution in [0.25, 0.3) is 0 Å². The van der Waals surface area contributed by atoms with Crippen molar-refractivity contribution in [2.24, 2.45) is 0 Å². The van der Waals surface area contributed by atoms with Crippen LogP contribution in [0, 0.1) is 0 Å². The van der Waals surface area contributed by atoms with Crippen LogP contribution in [0.3, 0.4) is 0 Å². The third kappa shape index (κ3) is 4.52. The summed E-state index contributed by atoms with van der Waals surface area (Å²) in [6.07, 6.45) is 2.32. The molecule has 1 aromatic rings. The van der Waals surface area contributed by atoms with Crippen molar-refractivity contribution in [3.63, 3.8) is 0 Å². The first-order valence-corrected chi connectivity index (χ1v) is 7.29. The Morgan fingerprint density at radius 3 is 2.65 bits per heavy atom. The molecule has 0 radical (unpaired) electrons. The standard InChI is InChI=1S/C14H18Cl2N2O.ClH/c1-9-13(6-3-7-17-9)18-14(19)8-10-11(15)4-2-5-12(10)16;/h2,4-5,9,13,17H,3,6-8H2,1H3,(H,18,19);1H. The summed E-state index contributed by atoms with van der Waals surface area (Å²) < 4.78 is 0. The summed E-state index contributed by atoms with van der Waals surface area (Å²) in [6.45, 7) is 3.11. The molecule has 2 unspecified atom stereocenters. The zero-order valence-electron chi connectivity index (χ0n) is 11.3. The maximum absolute atomic E-state index is 12.1. The van der Waals surface area contributed by atoms with Crippen LogP contribution in [0.5, 0.6) is 0 Å². The van der Waals surface area contributed by atoms with Crippen LogP contribution >= 0.6 is 35.6 Å². The smallest absolute Gasteiger partial charge is 0.224 e. The van der Waals surface area contributed by atoms with Crippen molar-refractivity contribution >= 4 is 41.5 Å². The van der Waals surface area contributed by atoms with E-state index in [1.54, 1.807) is 18.2 Å². The molecule has 1 aromatic carbocycles. The van der Waals surface area contributed by atoms with Gasteiger partial charge in [0.15, 0.2) is 0 Å². The van der Waals surface area contributed by atoms with Crippen LogP contribution in [0.2, 0.25) is 10.0 Å². The summed E-state index contributed by atoms with van der Waals surface area (Å²) in [5, 5.41) is 7.49. The lowest BCUT2D eigenvalue weighted by Crippen LogP contribution is -2.52. The van der Waals surface area contributed by atoms with E-state index < -0.39 is 0 Å². The molecule has 1 saturated heterocycles. The number of amides is 1. The summed E-state index contributed by atoms with van der Waals surface area (Å²) in [7, 11) is 0. The molecule has 0 aromatic heterocycles. The van der Waals surface area contributed by atoms with Gasteiger partial charge in [-0.3, -0.25) is 4.79 Å². The molecule has 1 amide bonds. The fourth-order valence-corrected chi connectivity index (χ4v) is 2.89. The highest BCUT2D eigenvalue weighted by atomic mass is 35.5. The number of halogens is 3. The van der Waals surface area contributed by atoms with E-state index in [9.17, 15) is 4.79 Å². The van der Waals surface area contributed by atoms with Crippen LogP contribution in [-0.4, -0.2) is 24.5 Å². The van der Waals surface area contributed by atoms with Gasteiger partial charge in [0.25, 0.3) is 0 Å². The number of hydrogen-bond donors (Lipinski definition) is 2. The summed E-state index contributed by atoms with van der Waals surface area (Å²) in [6, 6.07) is 5.77.